The summed E-state index contributed by atoms with van der Waals surface area (Å²) in [5, 5.41) is 17.2. The lowest BCUT2D eigenvalue weighted by molar-refractivity contribution is -0.150. The Morgan fingerprint density at radius 3 is 1.82 bits per heavy atom. The van der Waals surface area contributed by atoms with E-state index in [9.17, 15) is 14.4 Å². The molecule has 1 amide bonds. The summed E-state index contributed by atoms with van der Waals surface area (Å²) in [6, 6.07) is -1.08. The van der Waals surface area contributed by atoms with Gasteiger partial charge in [-0.25, -0.2) is 0 Å². The number of amides is 1. The van der Waals surface area contributed by atoms with E-state index in [0.29, 0.717) is 4.90 Å². The van der Waals surface area contributed by atoms with Gasteiger partial charge in [0.15, 0.2) is 0 Å². The minimum absolute atomic E-state index is 0.674. The molecule has 0 bridgehead atoms. The summed E-state index contributed by atoms with van der Waals surface area (Å²) in [5.41, 5.74) is 5.59. The summed E-state index contributed by atoms with van der Waals surface area (Å²) in [6.45, 7) is 1.75. The van der Waals surface area contributed by atoms with Gasteiger partial charge in [-0.3, -0.25) is 14.4 Å². The Morgan fingerprint density at radius 1 is 1.24 bits per heavy atom. The number of carbonyl (C=O) groups excluding carboxylic acids is 1. The van der Waals surface area contributed by atoms with Crippen LogP contribution in [0.5, 0.6) is 0 Å². The lowest BCUT2D eigenvalue weighted by atomic mass is 10.0. The standard InChI is InChI=1S/C9H16N2O5S/c1-9(2,17)7(10)8(16)11(3-5(12)13)4-6(14)15/h7,17H,3-4,10H2,1-2H3,(H,12,13)(H,14,15)/t7-/m1/s1. The van der Waals surface area contributed by atoms with Gasteiger partial charge in [-0.15, -0.1) is 0 Å². The molecule has 0 aliphatic rings. The SMILES string of the molecule is CC(C)(S)[C@H](N)C(=O)N(CC(=O)O)CC(=O)O. The van der Waals surface area contributed by atoms with E-state index >= 15 is 0 Å². The molecule has 0 radical (unpaired) electrons. The van der Waals surface area contributed by atoms with Gasteiger partial charge in [-0.05, 0) is 13.8 Å². The monoisotopic (exact) mass is 264 g/mol. The zero-order valence-corrected chi connectivity index (χ0v) is 10.5. The Balaban J connectivity index is 4.86. The topological polar surface area (TPSA) is 121 Å². The van der Waals surface area contributed by atoms with Crippen molar-refractivity contribution in [3.8, 4) is 0 Å². The maximum absolute atomic E-state index is 11.8. The van der Waals surface area contributed by atoms with Crippen molar-refractivity contribution in [2.24, 2.45) is 5.73 Å². The summed E-state index contributed by atoms with van der Waals surface area (Å²) in [4.78, 5) is 33.5. The average Bonchev–Trinajstić information content (AvgIpc) is 2.11. The van der Waals surface area contributed by atoms with Gasteiger partial charge in [0.1, 0.15) is 13.1 Å². The van der Waals surface area contributed by atoms with E-state index in [4.69, 9.17) is 15.9 Å². The Hall–Kier alpha value is -1.28. The molecule has 8 heteroatoms. The second-order valence-corrected chi connectivity index (χ2v) is 5.27. The van der Waals surface area contributed by atoms with Gasteiger partial charge in [0, 0.05) is 4.75 Å². The first-order chi connectivity index (χ1) is 7.55. The molecule has 1 atom stereocenters. The zero-order valence-electron chi connectivity index (χ0n) is 9.58. The van der Waals surface area contributed by atoms with Crippen molar-refractivity contribution in [3.05, 3.63) is 0 Å². The van der Waals surface area contributed by atoms with Crippen LogP contribution in [0.2, 0.25) is 0 Å². The predicted molar refractivity (Wildman–Crippen MR) is 62.9 cm³/mol. The molecule has 0 unspecified atom stereocenters. The summed E-state index contributed by atoms with van der Waals surface area (Å²) in [6.07, 6.45) is 0. The molecular weight excluding hydrogens is 248 g/mol. The third-order valence-electron chi connectivity index (χ3n) is 1.99. The third-order valence-corrected chi connectivity index (χ3v) is 2.27. The number of nitrogens with zero attached hydrogens (tertiary/aromatic N) is 1. The molecule has 0 aromatic rings. The molecule has 0 aromatic carbocycles. The normalized spacial score (nSPS) is 12.9. The van der Waals surface area contributed by atoms with Crippen LogP contribution in [-0.4, -0.2) is 56.8 Å². The van der Waals surface area contributed by atoms with Crippen molar-refractivity contribution >= 4 is 30.5 Å². The molecule has 4 N–H and O–H groups in total. The highest BCUT2D eigenvalue weighted by Crippen LogP contribution is 2.17. The van der Waals surface area contributed by atoms with Crippen molar-refractivity contribution in [2.45, 2.75) is 24.6 Å². The fourth-order valence-corrected chi connectivity index (χ4v) is 1.15. The molecule has 0 heterocycles. The first-order valence-corrected chi connectivity index (χ1v) is 5.20. The summed E-state index contributed by atoms with van der Waals surface area (Å²) >= 11 is 4.10. The smallest absolute Gasteiger partial charge is 0.323 e. The van der Waals surface area contributed by atoms with Crippen LogP contribution in [-0.2, 0) is 14.4 Å². The van der Waals surface area contributed by atoms with Gasteiger partial charge in [-0.2, -0.15) is 12.6 Å². The molecule has 0 aromatic heterocycles. The molecule has 7 nitrogen and oxygen atoms in total. The molecule has 0 fully saturated rings. The first-order valence-electron chi connectivity index (χ1n) is 4.76. The van der Waals surface area contributed by atoms with Gasteiger partial charge < -0.3 is 20.8 Å². The summed E-state index contributed by atoms with van der Waals surface area (Å²) in [7, 11) is 0. The van der Waals surface area contributed by atoms with Crippen molar-refractivity contribution in [2.75, 3.05) is 13.1 Å². The van der Waals surface area contributed by atoms with E-state index in [0.717, 1.165) is 0 Å². The van der Waals surface area contributed by atoms with Gasteiger partial charge >= 0.3 is 11.9 Å². The Bertz CT molecular complexity index is 310. The van der Waals surface area contributed by atoms with Crippen LogP contribution in [0.3, 0.4) is 0 Å². The van der Waals surface area contributed by atoms with Crippen LogP contribution in [0.4, 0.5) is 0 Å². The van der Waals surface area contributed by atoms with E-state index in [-0.39, 0.29) is 0 Å². The number of nitrogens with two attached hydrogens (primary N) is 1. The molecule has 98 valence electrons. The predicted octanol–water partition coefficient (Wildman–Crippen LogP) is -0.980. The van der Waals surface area contributed by atoms with Crippen LogP contribution >= 0.6 is 12.6 Å². The lowest BCUT2D eigenvalue weighted by Crippen LogP contribution is -2.54. The van der Waals surface area contributed by atoms with Crippen LogP contribution in [0.25, 0.3) is 0 Å². The van der Waals surface area contributed by atoms with Gasteiger partial charge in [0.25, 0.3) is 0 Å². The second-order valence-electron chi connectivity index (χ2n) is 4.11. The molecule has 0 aliphatic heterocycles. The summed E-state index contributed by atoms with van der Waals surface area (Å²) < 4.78 is -0.869. The number of thiol groups is 1. The van der Waals surface area contributed by atoms with Crippen molar-refractivity contribution in [3.63, 3.8) is 0 Å². The van der Waals surface area contributed by atoms with Gasteiger partial charge in [-0.1, -0.05) is 0 Å². The third kappa shape index (κ3) is 5.55. The number of carbonyl (C=O) groups is 3. The number of rotatable bonds is 6. The zero-order chi connectivity index (χ0) is 13.8. The lowest BCUT2D eigenvalue weighted by Gasteiger charge is -2.29. The Morgan fingerprint density at radius 2 is 1.59 bits per heavy atom. The van der Waals surface area contributed by atoms with E-state index < -0.39 is 41.7 Å². The number of aliphatic carboxylic acids is 2. The van der Waals surface area contributed by atoms with Crippen LogP contribution < -0.4 is 5.73 Å². The maximum atomic E-state index is 11.8. The minimum atomic E-state index is -1.30. The van der Waals surface area contributed by atoms with E-state index in [1.54, 1.807) is 13.8 Å². The quantitative estimate of drug-likeness (QED) is 0.458. The Labute approximate surface area is 104 Å². The van der Waals surface area contributed by atoms with Crippen LogP contribution in [0.15, 0.2) is 0 Å². The molecule has 17 heavy (non-hydrogen) atoms. The number of carboxylic acids is 2. The maximum Gasteiger partial charge on any atom is 0.323 e. The molecule has 0 saturated heterocycles. The van der Waals surface area contributed by atoms with Crippen LogP contribution in [0.1, 0.15) is 13.8 Å². The minimum Gasteiger partial charge on any atom is -0.480 e. The van der Waals surface area contributed by atoms with Crippen molar-refractivity contribution < 1.29 is 24.6 Å². The highest BCUT2D eigenvalue weighted by molar-refractivity contribution is 7.81. The molecule has 0 saturated carbocycles. The molecule has 0 spiro atoms. The number of hydrogen-bond acceptors (Lipinski definition) is 5. The highest BCUT2D eigenvalue weighted by Gasteiger charge is 2.33. The number of hydrogen-bond donors (Lipinski definition) is 4. The Kier molecular flexibility index (Phi) is 5.43. The van der Waals surface area contributed by atoms with Gasteiger partial charge in [0.05, 0.1) is 6.04 Å². The number of carboxylic acid groups (broad SMARTS) is 2. The molecule has 0 rings (SSSR count). The van der Waals surface area contributed by atoms with E-state index in [2.05, 4.69) is 12.6 Å². The first kappa shape index (κ1) is 15.7. The van der Waals surface area contributed by atoms with Gasteiger partial charge in [0.2, 0.25) is 5.91 Å². The highest BCUT2D eigenvalue weighted by atomic mass is 32.1. The van der Waals surface area contributed by atoms with Crippen molar-refractivity contribution in [1.29, 1.82) is 0 Å². The largest absolute Gasteiger partial charge is 0.480 e. The van der Waals surface area contributed by atoms with E-state index in [1.807, 2.05) is 0 Å². The fourth-order valence-electron chi connectivity index (χ4n) is 1.04. The van der Waals surface area contributed by atoms with Crippen LogP contribution in [0, 0.1) is 0 Å². The second kappa shape index (κ2) is 5.87. The molecular formula is C9H16N2O5S. The fraction of sp³-hybridized carbons (Fsp3) is 0.667. The van der Waals surface area contributed by atoms with Crippen molar-refractivity contribution in [1.82, 2.24) is 4.90 Å². The molecule has 0 aliphatic carbocycles. The summed E-state index contributed by atoms with van der Waals surface area (Å²) in [5.74, 6) is -3.36. The van der Waals surface area contributed by atoms with E-state index in [1.165, 1.54) is 0 Å². The average molecular weight is 264 g/mol.